The lowest BCUT2D eigenvalue weighted by atomic mass is 9.54. The first-order valence-electron chi connectivity index (χ1n) is 10.2. The van der Waals surface area contributed by atoms with Gasteiger partial charge in [-0.3, -0.25) is 19.9 Å². The minimum Gasteiger partial charge on any atom is -0.299 e. The van der Waals surface area contributed by atoms with Crippen LogP contribution in [-0.4, -0.2) is 64.7 Å². The fourth-order valence-electron chi connectivity index (χ4n) is 6.42. The zero-order chi connectivity index (χ0) is 17.7. The molecule has 1 aromatic heterocycles. The van der Waals surface area contributed by atoms with Crippen molar-refractivity contribution in [3.8, 4) is 0 Å². The Bertz CT molecular complexity index is 641. The highest BCUT2D eigenvalue weighted by Gasteiger charge is 2.50. The molecule has 1 N–H and O–H groups in total. The lowest BCUT2D eigenvalue weighted by Crippen LogP contribution is -2.60. The third-order valence-electron chi connectivity index (χ3n) is 7.15. The number of hydrogen-bond donors (Lipinski definition) is 1. The molecule has 0 unspecified atom stereocenters. The van der Waals surface area contributed by atoms with Gasteiger partial charge in [-0.15, -0.1) is 10.2 Å². The summed E-state index contributed by atoms with van der Waals surface area (Å²) < 4.78 is 0. The fraction of sp³-hybridized carbons (Fsp3) is 0.842. The summed E-state index contributed by atoms with van der Waals surface area (Å²) in [4.78, 5) is 17.3. The molecule has 5 fully saturated rings. The SMILES string of the molecule is Cc1nnc(NC(=O)CN2CCN(C3C4CC5CC(C4)CC3C5)CC2)s1. The third-order valence-corrected chi connectivity index (χ3v) is 7.90. The highest BCUT2D eigenvalue weighted by Crippen LogP contribution is 2.55. The molecule has 4 saturated carbocycles. The minimum atomic E-state index is 0.0317. The summed E-state index contributed by atoms with van der Waals surface area (Å²) in [5, 5.41) is 12.3. The first kappa shape index (κ1) is 17.1. The molecule has 2 heterocycles. The number of hydrogen-bond acceptors (Lipinski definition) is 6. The highest BCUT2D eigenvalue weighted by molar-refractivity contribution is 7.15. The van der Waals surface area contributed by atoms with Crippen LogP contribution in [0.4, 0.5) is 5.13 Å². The van der Waals surface area contributed by atoms with Crippen molar-refractivity contribution in [1.29, 1.82) is 0 Å². The van der Waals surface area contributed by atoms with Crippen LogP contribution in [0.15, 0.2) is 0 Å². The van der Waals surface area contributed by atoms with Gasteiger partial charge in [-0.05, 0) is 62.7 Å². The maximum absolute atomic E-state index is 12.2. The highest BCUT2D eigenvalue weighted by atomic mass is 32.1. The van der Waals surface area contributed by atoms with Crippen LogP contribution >= 0.6 is 11.3 Å². The van der Waals surface area contributed by atoms with E-state index in [9.17, 15) is 4.79 Å². The van der Waals surface area contributed by atoms with Crippen molar-refractivity contribution >= 4 is 22.4 Å². The lowest BCUT2D eigenvalue weighted by Gasteiger charge is -2.58. The molecule has 7 heteroatoms. The second-order valence-electron chi connectivity index (χ2n) is 8.91. The van der Waals surface area contributed by atoms with Crippen molar-refractivity contribution in [2.75, 3.05) is 38.0 Å². The Hall–Kier alpha value is -1.05. The molecule has 0 atom stereocenters. The van der Waals surface area contributed by atoms with Crippen molar-refractivity contribution < 1.29 is 4.79 Å². The Balaban J connectivity index is 1.13. The predicted octanol–water partition coefficient (Wildman–Crippen LogP) is 2.23. The number of rotatable bonds is 4. The molecule has 26 heavy (non-hydrogen) atoms. The second-order valence-corrected chi connectivity index (χ2v) is 10.1. The van der Waals surface area contributed by atoms with E-state index in [-0.39, 0.29) is 5.91 Å². The Labute approximate surface area is 159 Å². The van der Waals surface area contributed by atoms with E-state index < -0.39 is 0 Å². The summed E-state index contributed by atoms with van der Waals surface area (Å²) in [6.45, 7) is 6.62. The number of anilines is 1. The summed E-state index contributed by atoms with van der Waals surface area (Å²) in [6, 6.07) is 0.836. The van der Waals surface area contributed by atoms with Gasteiger partial charge in [0, 0.05) is 32.2 Å². The van der Waals surface area contributed by atoms with Crippen LogP contribution in [0.1, 0.15) is 37.1 Å². The third kappa shape index (κ3) is 3.29. The molecule has 1 aliphatic heterocycles. The normalized spacial score (nSPS) is 37.2. The van der Waals surface area contributed by atoms with E-state index in [1.807, 2.05) is 6.92 Å². The number of nitrogens with zero attached hydrogens (tertiary/aromatic N) is 4. The molecular weight excluding hydrogens is 346 g/mol. The second kappa shape index (κ2) is 6.84. The lowest BCUT2D eigenvalue weighted by molar-refractivity contribution is -0.118. The molecule has 6 nitrogen and oxygen atoms in total. The largest absolute Gasteiger partial charge is 0.299 e. The molecule has 4 aliphatic carbocycles. The maximum atomic E-state index is 12.2. The van der Waals surface area contributed by atoms with Crippen molar-refractivity contribution in [1.82, 2.24) is 20.0 Å². The Morgan fingerprint density at radius 3 is 2.27 bits per heavy atom. The molecular formula is C19H29N5OS. The van der Waals surface area contributed by atoms with Crippen molar-refractivity contribution in [2.45, 2.75) is 45.1 Å². The fourth-order valence-corrected chi connectivity index (χ4v) is 7.03. The van der Waals surface area contributed by atoms with E-state index in [1.54, 1.807) is 0 Å². The quantitative estimate of drug-likeness (QED) is 0.874. The van der Waals surface area contributed by atoms with E-state index in [0.717, 1.165) is 60.9 Å². The monoisotopic (exact) mass is 375 g/mol. The molecule has 1 aromatic rings. The van der Waals surface area contributed by atoms with Gasteiger partial charge in [0.25, 0.3) is 0 Å². The Kier molecular flexibility index (Phi) is 4.49. The maximum Gasteiger partial charge on any atom is 0.240 e. The van der Waals surface area contributed by atoms with Crippen molar-refractivity contribution in [3.05, 3.63) is 5.01 Å². The van der Waals surface area contributed by atoms with Gasteiger partial charge in [-0.1, -0.05) is 11.3 Å². The molecule has 6 rings (SSSR count). The smallest absolute Gasteiger partial charge is 0.240 e. The Morgan fingerprint density at radius 1 is 1.04 bits per heavy atom. The summed E-state index contributed by atoms with van der Waals surface area (Å²) in [5.74, 6) is 4.04. The Morgan fingerprint density at radius 2 is 1.69 bits per heavy atom. The number of piperazine rings is 1. The molecule has 4 bridgehead atoms. The van der Waals surface area contributed by atoms with Crippen LogP contribution in [-0.2, 0) is 4.79 Å². The van der Waals surface area contributed by atoms with E-state index in [2.05, 4.69) is 25.3 Å². The topological polar surface area (TPSA) is 61.4 Å². The van der Waals surface area contributed by atoms with Gasteiger partial charge in [0.2, 0.25) is 11.0 Å². The average Bonchev–Trinajstić information content (AvgIpc) is 3.00. The van der Waals surface area contributed by atoms with Crippen LogP contribution in [0, 0.1) is 30.6 Å². The van der Waals surface area contributed by atoms with Crippen LogP contribution in [0.5, 0.6) is 0 Å². The molecule has 0 radical (unpaired) electrons. The van der Waals surface area contributed by atoms with Gasteiger partial charge >= 0.3 is 0 Å². The van der Waals surface area contributed by atoms with Crippen molar-refractivity contribution in [3.63, 3.8) is 0 Å². The van der Waals surface area contributed by atoms with Crippen molar-refractivity contribution in [2.24, 2.45) is 23.7 Å². The average molecular weight is 376 g/mol. The van der Waals surface area contributed by atoms with Gasteiger partial charge in [-0.25, -0.2) is 0 Å². The molecule has 0 spiro atoms. The van der Waals surface area contributed by atoms with Gasteiger partial charge in [0.1, 0.15) is 5.01 Å². The van der Waals surface area contributed by atoms with Crippen LogP contribution in [0.25, 0.3) is 0 Å². The first-order valence-corrected chi connectivity index (χ1v) is 11.0. The first-order chi connectivity index (χ1) is 12.6. The van der Waals surface area contributed by atoms with E-state index in [4.69, 9.17) is 0 Å². The van der Waals surface area contributed by atoms with Gasteiger partial charge in [-0.2, -0.15) is 0 Å². The van der Waals surface area contributed by atoms with Crippen LogP contribution in [0.2, 0.25) is 0 Å². The number of aromatic nitrogens is 2. The molecule has 0 aromatic carbocycles. The predicted molar refractivity (Wildman–Crippen MR) is 102 cm³/mol. The van der Waals surface area contributed by atoms with Crippen LogP contribution in [0.3, 0.4) is 0 Å². The summed E-state index contributed by atoms with van der Waals surface area (Å²) >= 11 is 1.43. The van der Waals surface area contributed by atoms with Gasteiger partial charge in [0.05, 0.1) is 6.54 Å². The zero-order valence-electron chi connectivity index (χ0n) is 15.6. The molecule has 142 valence electrons. The number of aryl methyl sites for hydroxylation is 1. The summed E-state index contributed by atoms with van der Waals surface area (Å²) in [6.07, 6.45) is 7.48. The van der Waals surface area contributed by atoms with E-state index in [0.29, 0.717) is 11.7 Å². The minimum absolute atomic E-state index is 0.0317. The molecule has 1 amide bonds. The molecule has 1 saturated heterocycles. The number of carbonyl (C=O) groups is 1. The summed E-state index contributed by atoms with van der Waals surface area (Å²) in [7, 11) is 0. The van der Waals surface area contributed by atoms with E-state index >= 15 is 0 Å². The number of nitrogens with one attached hydrogen (secondary N) is 1. The molecule has 5 aliphatic rings. The van der Waals surface area contributed by atoms with E-state index in [1.165, 1.54) is 43.4 Å². The summed E-state index contributed by atoms with van der Waals surface area (Å²) in [5.41, 5.74) is 0. The zero-order valence-corrected chi connectivity index (χ0v) is 16.4. The van der Waals surface area contributed by atoms with Gasteiger partial charge < -0.3 is 0 Å². The number of amides is 1. The van der Waals surface area contributed by atoms with Gasteiger partial charge in [0.15, 0.2) is 0 Å². The van der Waals surface area contributed by atoms with Crippen LogP contribution < -0.4 is 5.32 Å². The standard InChI is InChI=1S/C19H29N5OS/c1-12-21-22-19(26-12)20-17(25)11-23-2-4-24(5-3-23)18-15-7-13-6-14(9-15)10-16(18)8-13/h13-16,18H,2-11H2,1H3,(H,20,22,25). The number of carbonyl (C=O) groups excluding carboxylic acids is 1.